The molecule has 5 atom stereocenters. The first-order valence-corrected chi connectivity index (χ1v) is 10.1. The Hall–Kier alpha value is -2.03. The predicted octanol–water partition coefficient (Wildman–Crippen LogP) is 1.21. The standard InChI is InChI=1S/C22H29N3O4/c1-25(12-10-16-5-3-4-11-23-16)20-21(26)19(18-14-28-22(20)29-18)24-13-15-6-8-17(27-2)9-7-15/h3-9,11,18-22,24,26H,10,12-14H2,1-2H3/t18-,19+,20-,21-,22+/m0/s1. The van der Waals surface area contributed by atoms with Crippen molar-refractivity contribution in [1.29, 1.82) is 0 Å². The first-order valence-electron chi connectivity index (χ1n) is 10.1. The number of aliphatic hydroxyl groups excluding tert-OH is 1. The lowest BCUT2D eigenvalue weighted by Crippen LogP contribution is -2.63. The Morgan fingerprint density at radius 2 is 2.07 bits per heavy atom. The highest BCUT2D eigenvalue weighted by molar-refractivity contribution is 5.27. The van der Waals surface area contributed by atoms with Gasteiger partial charge in [-0.3, -0.25) is 9.88 Å². The molecule has 2 saturated heterocycles. The van der Waals surface area contributed by atoms with Gasteiger partial charge in [-0.05, 0) is 36.9 Å². The highest BCUT2D eigenvalue weighted by Gasteiger charge is 2.51. The maximum atomic E-state index is 11.1. The molecule has 7 nitrogen and oxygen atoms in total. The van der Waals surface area contributed by atoms with Crippen LogP contribution >= 0.6 is 0 Å². The van der Waals surface area contributed by atoms with Crippen LogP contribution in [0.1, 0.15) is 11.3 Å². The van der Waals surface area contributed by atoms with E-state index in [1.807, 2.05) is 49.5 Å². The number of nitrogens with zero attached hydrogens (tertiary/aromatic N) is 2. The molecule has 2 fully saturated rings. The fraction of sp³-hybridized carbons (Fsp3) is 0.500. The lowest BCUT2D eigenvalue weighted by molar-refractivity contribution is -0.178. The highest BCUT2D eigenvalue weighted by atomic mass is 16.7. The number of hydrogen-bond acceptors (Lipinski definition) is 7. The summed E-state index contributed by atoms with van der Waals surface area (Å²) in [5.74, 6) is 0.830. The van der Waals surface area contributed by atoms with E-state index in [2.05, 4.69) is 15.2 Å². The summed E-state index contributed by atoms with van der Waals surface area (Å²) >= 11 is 0. The van der Waals surface area contributed by atoms with Crippen LogP contribution < -0.4 is 10.1 Å². The Morgan fingerprint density at radius 3 is 2.79 bits per heavy atom. The average molecular weight is 399 g/mol. The van der Waals surface area contributed by atoms with Crippen LogP contribution in [0.15, 0.2) is 48.7 Å². The minimum Gasteiger partial charge on any atom is -0.497 e. The lowest BCUT2D eigenvalue weighted by Gasteiger charge is -2.42. The first kappa shape index (κ1) is 20.3. The van der Waals surface area contributed by atoms with E-state index < -0.39 is 12.4 Å². The van der Waals surface area contributed by atoms with Crippen molar-refractivity contribution >= 4 is 0 Å². The molecule has 29 heavy (non-hydrogen) atoms. The summed E-state index contributed by atoms with van der Waals surface area (Å²) in [5.41, 5.74) is 2.16. The van der Waals surface area contributed by atoms with E-state index >= 15 is 0 Å². The van der Waals surface area contributed by atoms with Gasteiger partial charge in [0.05, 0.1) is 31.9 Å². The second-order valence-corrected chi connectivity index (χ2v) is 7.66. The summed E-state index contributed by atoms with van der Waals surface area (Å²) in [6, 6.07) is 13.4. The number of fused-ring (bicyclic) bond motifs is 2. The van der Waals surface area contributed by atoms with E-state index in [1.54, 1.807) is 13.3 Å². The summed E-state index contributed by atoms with van der Waals surface area (Å²) in [6.45, 7) is 1.89. The zero-order valence-electron chi connectivity index (χ0n) is 16.9. The van der Waals surface area contributed by atoms with Crippen molar-refractivity contribution < 1.29 is 19.3 Å². The molecule has 2 aromatic rings. The van der Waals surface area contributed by atoms with Gasteiger partial charge in [-0.25, -0.2) is 0 Å². The van der Waals surface area contributed by atoms with Crippen molar-refractivity contribution in [2.75, 3.05) is 27.3 Å². The molecule has 2 aliphatic rings. The van der Waals surface area contributed by atoms with Crippen molar-refractivity contribution in [2.24, 2.45) is 0 Å². The number of aromatic nitrogens is 1. The summed E-state index contributed by atoms with van der Waals surface area (Å²) < 4.78 is 17.1. The lowest BCUT2D eigenvalue weighted by atomic mass is 9.94. The Bertz CT molecular complexity index is 773. The number of pyridine rings is 1. The zero-order chi connectivity index (χ0) is 20.2. The van der Waals surface area contributed by atoms with Crippen LogP contribution in [0.3, 0.4) is 0 Å². The summed E-state index contributed by atoms with van der Waals surface area (Å²) in [5, 5.41) is 14.6. The number of likely N-dealkylation sites (N-methyl/N-ethyl adjacent to an activating group) is 1. The Balaban J connectivity index is 1.38. The Kier molecular flexibility index (Phi) is 6.42. The molecule has 7 heteroatoms. The van der Waals surface area contributed by atoms with E-state index in [1.165, 1.54) is 0 Å². The van der Waals surface area contributed by atoms with Gasteiger partial charge in [-0.1, -0.05) is 18.2 Å². The largest absolute Gasteiger partial charge is 0.497 e. The van der Waals surface area contributed by atoms with Crippen LogP contribution in [0.5, 0.6) is 5.75 Å². The third-order valence-electron chi connectivity index (χ3n) is 5.79. The van der Waals surface area contributed by atoms with Crippen LogP contribution in [-0.2, 0) is 22.4 Å². The third-order valence-corrected chi connectivity index (χ3v) is 5.79. The zero-order valence-corrected chi connectivity index (χ0v) is 16.9. The molecule has 156 valence electrons. The molecular weight excluding hydrogens is 370 g/mol. The molecule has 1 aromatic heterocycles. The molecule has 3 heterocycles. The quantitative estimate of drug-likeness (QED) is 0.691. The summed E-state index contributed by atoms with van der Waals surface area (Å²) in [7, 11) is 3.66. The van der Waals surface area contributed by atoms with E-state index in [-0.39, 0.29) is 18.2 Å². The van der Waals surface area contributed by atoms with Crippen molar-refractivity contribution in [3.63, 3.8) is 0 Å². The van der Waals surface area contributed by atoms with Gasteiger partial charge in [-0.2, -0.15) is 0 Å². The molecule has 1 aromatic carbocycles. The van der Waals surface area contributed by atoms with Crippen molar-refractivity contribution in [1.82, 2.24) is 15.2 Å². The number of nitrogens with one attached hydrogen (secondary N) is 1. The van der Waals surface area contributed by atoms with Crippen LogP contribution in [0.2, 0.25) is 0 Å². The molecule has 2 aliphatic heterocycles. The molecule has 4 rings (SSSR count). The molecule has 0 unspecified atom stereocenters. The number of rotatable bonds is 8. The second kappa shape index (κ2) is 9.19. The molecule has 2 N–H and O–H groups in total. The predicted molar refractivity (Wildman–Crippen MR) is 109 cm³/mol. The monoisotopic (exact) mass is 399 g/mol. The van der Waals surface area contributed by atoms with E-state index in [0.29, 0.717) is 13.2 Å². The van der Waals surface area contributed by atoms with Gasteiger partial charge in [0, 0.05) is 31.4 Å². The average Bonchev–Trinajstić information content (AvgIpc) is 3.18. The van der Waals surface area contributed by atoms with E-state index in [4.69, 9.17) is 14.2 Å². The third kappa shape index (κ3) is 4.60. The Labute approximate surface area is 171 Å². The molecule has 0 saturated carbocycles. The molecule has 0 aliphatic carbocycles. The summed E-state index contributed by atoms with van der Waals surface area (Å²) in [6.07, 6.45) is 1.47. The maximum Gasteiger partial charge on any atom is 0.176 e. The van der Waals surface area contributed by atoms with Gasteiger partial charge in [-0.15, -0.1) is 0 Å². The van der Waals surface area contributed by atoms with Gasteiger partial charge in [0.25, 0.3) is 0 Å². The minimum atomic E-state index is -0.590. The fourth-order valence-electron chi connectivity index (χ4n) is 4.09. The van der Waals surface area contributed by atoms with Crippen LogP contribution in [0, 0.1) is 0 Å². The Morgan fingerprint density at radius 1 is 1.24 bits per heavy atom. The SMILES string of the molecule is COc1ccc(CN[C@H]2[C@H](O)[C@H](N(C)CCc3ccccn3)[C@@H]3OC[C@@H]2O3)cc1. The smallest absolute Gasteiger partial charge is 0.176 e. The number of benzene rings is 1. The van der Waals surface area contributed by atoms with E-state index in [0.717, 1.165) is 30.0 Å². The second-order valence-electron chi connectivity index (χ2n) is 7.66. The number of methoxy groups -OCH3 is 1. The van der Waals surface area contributed by atoms with Crippen LogP contribution in [0.4, 0.5) is 0 Å². The number of ether oxygens (including phenoxy) is 3. The first-order chi connectivity index (χ1) is 14.2. The highest BCUT2D eigenvalue weighted by Crippen LogP contribution is 2.31. The van der Waals surface area contributed by atoms with Crippen molar-refractivity contribution in [3.8, 4) is 5.75 Å². The minimum absolute atomic E-state index is 0.145. The molecule has 0 spiro atoms. The molecule has 0 amide bonds. The van der Waals surface area contributed by atoms with Gasteiger partial charge in [0.15, 0.2) is 6.29 Å². The van der Waals surface area contributed by atoms with Crippen LogP contribution in [-0.4, -0.2) is 72.9 Å². The number of aliphatic hydroxyl groups is 1. The fourth-order valence-corrected chi connectivity index (χ4v) is 4.09. The van der Waals surface area contributed by atoms with Gasteiger partial charge < -0.3 is 24.6 Å². The molecule has 2 bridgehead atoms. The van der Waals surface area contributed by atoms with Gasteiger partial charge in [0.1, 0.15) is 11.9 Å². The normalized spacial score (nSPS) is 28.6. The topological polar surface area (TPSA) is 76.1 Å². The summed E-state index contributed by atoms with van der Waals surface area (Å²) in [4.78, 5) is 6.50. The molecule has 0 radical (unpaired) electrons. The van der Waals surface area contributed by atoms with Crippen molar-refractivity contribution in [2.45, 2.75) is 43.5 Å². The molecular formula is C22H29N3O4. The maximum absolute atomic E-state index is 11.1. The van der Waals surface area contributed by atoms with Crippen LogP contribution in [0.25, 0.3) is 0 Å². The number of hydrogen-bond donors (Lipinski definition) is 2. The van der Waals surface area contributed by atoms with Crippen molar-refractivity contribution in [3.05, 3.63) is 59.9 Å². The van der Waals surface area contributed by atoms with Gasteiger partial charge in [0.2, 0.25) is 0 Å². The van der Waals surface area contributed by atoms with E-state index in [9.17, 15) is 5.11 Å². The van der Waals surface area contributed by atoms with Gasteiger partial charge >= 0.3 is 0 Å².